The first-order valence-corrected chi connectivity index (χ1v) is 6.90. The van der Waals surface area contributed by atoms with E-state index in [2.05, 4.69) is 4.90 Å². The first kappa shape index (κ1) is 11.0. The van der Waals surface area contributed by atoms with Crippen molar-refractivity contribution in [3.63, 3.8) is 0 Å². The standard InChI is InChI=1S/C13H24N2O/c14-13(9-4-5-9)12(8-16)15-6-10-2-1-3-11(10)7-15/h9-13,16H,1-8,14H2. The van der Waals surface area contributed by atoms with Crippen LogP contribution < -0.4 is 5.73 Å². The van der Waals surface area contributed by atoms with E-state index in [1.165, 1.54) is 45.2 Å². The molecule has 4 atom stereocenters. The average molecular weight is 224 g/mol. The Bertz CT molecular complexity index is 242. The predicted molar refractivity (Wildman–Crippen MR) is 64.0 cm³/mol. The van der Waals surface area contributed by atoms with E-state index >= 15 is 0 Å². The Morgan fingerprint density at radius 3 is 2.25 bits per heavy atom. The minimum absolute atomic E-state index is 0.212. The number of fused-ring (bicyclic) bond motifs is 1. The molecule has 0 amide bonds. The summed E-state index contributed by atoms with van der Waals surface area (Å²) in [5.74, 6) is 2.50. The van der Waals surface area contributed by atoms with Crippen molar-refractivity contribution in [3.05, 3.63) is 0 Å². The largest absolute Gasteiger partial charge is 0.395 e. The van der Waals surface area contributed by atoms with E-state index in [0.29, 0.717) is 5.92 Å². The van der Waals surface area contributed by atoms with Gasteiger partial charge in [0.15, 0.2) is 0 Å². The lowest BCUT2D eigenvalue weighted by atomic mass is 10.0. The topological polar surface area (TPSA) is 49.5 Å². The molecule has 3 nitrogen and oxygen atoms in total. The second-order valence-electron chi connectivity index (χ2n) is 6.07. The lowest BCUT2D eigenvalue weighted by molar-refractivity contribution is 0.112. The van der Waals surface area contributed by atoms with Crippen molar-refractivity contribution < 1.29 is 5.11 Å². The summed E-state index contributed by atoms with van der Waals surface area (Å²) in [5.41, 5.74) is 6.26. The molecular formula is C13H24N2O. The summed E-state index contributed by atoms with van der Waals surface area (Å²) in [6, 6.07) is 0.446. The highest BCUT2D eigenvalue weighted by atomic mass is 16.3. The molecular weight excluding hydrogens is 200 g/mol. The second kappa shape index (κ2) is 4.28. The normalized spacial score (nSPS) is 38.6. The summed E-state index contributed by atoms with van der Waals surface area (Å²) < 4.78 is 0. The van der Waals surface area contributed by atoms with Crippen LogP contribution in [0.15, 0.2) is 0 Å². The van der Waals surface area contributed by atoms with Gasteiger partial charge in [-0.25, -0.2) is 0 Å². The SMILES string of the molecule is NC(C1CC1)C(CO)N1CC2CCCC2C1. The third kappa shape index (κ3) is 1.89. The average Bonchev–Trinajstić information content (AvgIpc) is 2.91. The molecule has 0 aromatic heterocycles. The van der Waals surface area contributed by atoms with Gasteiger partial charge in [-0.2, -0.15) is 0 Å². The highest BCUT2D eigenvalue weighted by Crippen LogP contribution is 2.40. The summed E-state index contributed by atoms with van der Waals surface area (Å²) in [6.45, 7) is 2.63. The molecule has 92 valence electrons. The van der Waals surface area contributed by atoms with Crippen LogP contribution >= 0.6 is 0 Å². The molecule has 0 spiro atoms. The van der Waals surface area contributed by atoms with Gasteiger partial charge in [0.25, 0.3) is 0 Å². The van der Waals surface area contributed by atoms with E-state index in [4.69, 9.17) is 5.73 Å². The third-order valence-electron chi connectivity index (χ3n) is 5.02. The second-order valence-corrected chi connectivity index (χ2v) is 6.07. The van der Waals surface area contributed by atoms with Crippen LogP contribution in [0, 0.1) is 17.8 Å². The first-order chi connectivity index (χ1) is 7.79. The van der Waals surface area contributed by atoms with E-state index in [0.717, 1.165) is 11.8 Å². The number of hydrogen-bond donors (Lipinski definition) is 2. The molecule has 0 bridgehead atoms. The van der Waals surface area contributed by atoms with Gasteiger partial charge in [-0.05, 0) is 43.4 Å². The number of nitrogens with two attached hydrogens (primary N) is 1. The van der Waals surface area contributed by atoms with E-state index in [-0.39, 0.29) is 18.7 Å². The quantitative estimate of drug-likeness (QED) is 0.743. The van der Waals surface area contributed by atoms with Crippen LogP contribution in [-0.2, 0) is 0 Å². The number of hydrogen-bond acceptors (Lipinski definition) is 3. The molecule has 3 fully saturated rings. The number of nitrogens with zero attached hydrogens (tertiary/aromatic N) is 1. The summed E-state index contributed by atoms with van der Waals surface area (Å²) in [5, 5.41) is 9.58. The van der Waals surface area contributed by atoms with Gasteiger partial charge < -0.3 is 10.8 Å². The van der Waals surface area contributed by atoms with Gasteiger partial charge in [-0.3, -0.25) is 4.90 Å². The third-order valence-corrected chi connectivity index (χ3v) is 5.02. The molecule has 1 saturated heterocycles. The molecule has 0 radical (unpaired) electrons. The fraction of sp³-hybridized carbons (Fsp3) is 1.00. The van der Waals surface area contributed by atoms with Crippen molar-refractivity contribution >= 4 is 0 Å². The minimum Gasteiger partial charge on any atom is -0.395 e. The van der Waals surface area contributed by atoms with Gasteiger partial charge in [0.1, 0.15) is 0 Å². The molecule has 4 unspecified atom stereocenters. The molecule has 1 aliphatic heterocycles. The van der Waals surface area contributed by atoms with Crippen LogP contribution in [0.25, 0.3) is 0 Å². The Labute approximate surface area is 98.0 Å². The maximum atomic E-state index is 9.58. The van der Waals surface area contributed by atoms with Crippen LogP contribution in [0.3, 0.4) is 0 Å². The highest BCUT2D eigenvalue weighted by molar-refractivity contribution is 4.98. The fourth-order valence-corrected chi connectivity index (χ4v) is 3.82. The summed E-state index contributed by atoms with van der Waals surface area (Å²) >= 11 is 0. The Morgan fingerprint density at radius 2 is 1.75 bits per heavy atom. The van der Waals surface area contributed by atoms with Crippen LogP contribution in [0.4, 0.5) is 0 Å². The van der Waals surface area contributed by atoms with E-state index in [9.17, 15) is 5.11 Å². The Balaban J connectivity index is 1.62. The summed E-state index contributed by atoms with van der Waals surface area (Å²) in [7, 11) is 0. The van der Waals surface area contributed by atoms with Crippen molar-refractivity contribution in [2.75, 3.05) is 19.7 Å². The molecule has 0 aromatic carbocycles. The van der Waals surface area contributed by atoms with E-state index in [1.54, 1.807) is 0 Å². The van der Waals surface area contributed by atoms with Crippen LogP contribution in [0.5, 0.6) is 0 Å². The molecule has 3 N–H and O–H groups in total. The lowest BCUT2D eigenvalue weighted by Crippen LogP contribution is -2.50. The Morgan fingerprint density at radius 1 is 1.12 bits per heavy atom. The maximum absolute atomic E-state index is 9.58. The smallest absolute Gasteiger partial charge is 0.0602 e. The molecule has 2 aliphatic carbocycles. The van der Waals surface area contributed by atoms with Crippen molar-refractivity contribution in [1.29, 1.82) is 0 Å². The minimum atomic E-state index is 0.212. The first-order valence-electron chi connectivity index (χ1n) is 6.90. The molecule has 3 aliphatic rings. The number of aliphatic hydroxyl groups is 1. The number of aliphatic hydroxyl groups excluding tert-OH is 1. The Kier molecular flexibility index (Phi) is 2.94. The zero-order chi connectivity index (χ0) is 11.1. The summed E-state index contributed by atoms with van der Waals surface area (Å²) in [4.78, 5) is 2.48. The van der Waals surface area contributed by atoms with E-state index in [1.807, 2.05) is 0 Å². The lowest BCUT2D eigenvalue weighted by Gasteiger charge is -2.31. The highest BCUT2D eigenvalue weighted by Gasteiger charge is 2.42. The fourth-order valence-electron chi connectivity index (χ4n) is 3.82. The van der Waals surface area contributed by atoms with Crippen LogP contribution in [0.2, 0.25) is 0 Å². The van der Waals surface area contributed by atoms with E-state index < -0.39 is 0 Å². The molecule has 3 heteroatoms. The van der Waals surface area contributed by atoms with Crippen molar-refractivity contribution in [1.82, 2.24) is 4.90 Å². The molecule has 3 rings (SSSR count). The Hall–Kier alpha value is -0.120. The molecule has 1 heterocycles. The monoisotopic (exact) mass is 224 g/mol. The zero-order valence-corrected chi connectivity index (χ0v) is 10.0. The zero-order valence-electron chi connectivity index (χ0n) is 10.0. The molecule has 16 heavy (non-hydrogen) atoms. The van der Waals surface area contributed by atoms with Crippen molar-refractivity contribution in [2.24, 2.45) is 23.5 Å². The predicted octanol–water partition coefficient (Wildman–Crippen LogP) is 0.816. The van der Waals surface area contributed by atoms with Gasteiger partial charge in [0.2, 0.25) is 0 Å². The molecule has 2 saturated carbocycles. The summed E-state index contributed by atoms with van der Waals surface area (Å²) in [6.07, 6.45) is 6.77. The van der Waals surface area contributed by atoms with Gasteiger partial charge in [-0.1, -0.05) is 6.42 Å². The van der Waals surface area contributed by atoms with Gasteiger partial charge in [0, 0.05) is 25.2 Å². The maximum Gasteiger partial charge on any atom is 0.0602 e. The number of likely N-dealkylation sites (tertiary alicyclic amines) is 1. The molecule has 0 aromatic rings. The van der Waals surface area contributed by atoms with Gasteiger partial charge >= 0.3 is 0 Å². The van der Waals surface area contributed by atoms with Crippen molar-refractivity contribution in [3.8, 4) is 0 Å². The number of rotatable bonds is 4. The van der Waals surface area contributed by atoms with Gasteiger partial charge in [-0.15, -0.1) is 0 Å². The van der Waals surface area contributed by atoms with Crippen LogP contribution in [0.1, 0.15) is 32.1 Å². The van der Waals surface area contributed by atoms with Crippen molar-refractivity contribution in [2.45, 2.75) is 44.2 Å². The van der Waals surface area contributed by atoms with Gasteiger partial charge in [0.05, 0.1) is 6.61 Å². The van der Waals surface area contributed by atoms with Crippen LogP contribution in [-0.4, -0.2) is 41.8 Å².